The van der Waals surface area contributed by atoms with Gasteiger partial charge in [-0.05, 0) is 70.6 Å². The molecule has 364 valence electrons. The fraction of sp³-hybridized carbons (Fsp3) is 0.955. The van der Waals surface area contributed by atoms with Gasteiger partial charge in [0.2, 0.25) is 0 Å². The Balaban J connectivity index is 7.32. The van der Waals surface area contributed by atoms with Crippen molar-refractivity contribution < 1.29 is 62.2 Å². The molecule has 61 heavy (non-hydrogen) atoms. The van der Waals surface area contributed by atoms with Crippen LogP contribution in [-0.2, 0) is 41.8 Å². The molecule has 17 heteroatoms. The third-order valence-corrected chi connectivity index (χ3v) is 15.7. The maximum atomic E-state index is 13.7. The van der Waals surface area contributed by atoms with Crippen LogP contribution in [0, 0.1) is 16.2 Å². The monoisotopic (exact) mass is 947 g/mol. The Morgan fingerprint density at radius 1 is 0.623 bits per heavy atom. The first-order valence-corrected chi connectivity index (χ1v) is 27.9. The van der Waals surface area contributed by atoms with Gasteiger partial charge in [-0.2, -0.15) is 12.6 Å². The SMILES string of the molecule is CCCCCCCC(=O)OCC(CC)(C(CCCS)(OCC)O[SiH2]OCC(CC)(CO)CO)C(OCC)(OCC(CC)(CO)CO)O[SiH2]CCCSC(=O)CCCCCCC. The van der Waals surface area contributed by atoms with Gasteiger partial charge in [0.25, 0.3) is 5.97 Å². The molecule has 3 atom stereocenters. The first-order valence-electron chi connectivity index (χ1n) is 23.6. The number of ether oxygens (including phenoxy) is 4. The molecule has 13 nitrogen and oxygen atoms in total. The molecule has 0 heterocycles. The van der Waals surface area contributed by atoms with Crippen molar-refractivity contribution in [2.24, 2.45) is 16.2 Å². The van der Waals surface area contributed by atoms with Crippen LogP contribution in [0.2, 0.25) is 6.04 Å². The molecule has 0 spiro atoms. The molecule has 4 N–H and O–H groups in total. The number of hydrogen-bond donors (Lipinski definition) is 5. The van der Waals surface area contributed by atoms with Gasteiger partial charge in [0.05, 0.1) is 33.0 Å². The molecule has 0 bridgehead atoms. The summed E-state index contributed by atoms with van der Waals surface area (Å²) in [5.41, 5.74) is -3.41. The summed E-state index contributed by atoms with van der Waals surface area (Å²) in [6.07, 6.45) is 13.7. The number of esters is 1. The molecular weight excluding hydrogens is 857 g/mol. The molecule has 3 unspecified atom stereocenters. The number of carbonyl (C=O) groups is 2. The third-order valence-electron chi connectivity index (χ3n) is 12.0. The maximum absolute atomic E-state index is 13.7. The van der Waals surface area contributed by atoms with Crippen molar-refractivity contribution in [3.8, 4) is 0 Å². The maximum Gasteiger partial charge on any atom is 0.307 e. The molecule has 0 saturated heterocycles. The van der Waals surface area contributed by atoms with E-state index in [9.17, 15) is 30.0 Å². The first-order chi connectivity index (χ1) is 29.4. The summed E-state index contributed by atoms with van der Waals surface area (Å²) in [7, 11) is -3.45. The van der Waals surface area contributed by atoms with Crippen molar-refractivity contribution in [3.63, 3.8) is 0 Å². The largest absolute Gasteiger partial charge is 0.465 e. The van der Waals surface area contributed by atoms with Gasteiger partial charge in [-0.3, -0.25) is 9.59 Å². The van der Waals surface area contributed by atoms with E-state index in [0.29, 0.717) is 49.7 Å². The molecule has 0 fully saturated rings. The van der Waals surface area contributed by atoms with E-state index in [2.05, 4.69) is 26.5 Å². The minimum atomic E-state index is -1.96. The fourth-order valence-electron chi connectivity index (χ4n) is 7.26. The normalized spacial score (nSPS) is 15.7. The summed E-state index contributed by atoms with van der Waals surface area (Å²) in [4.78, 5) is 26.3. The Hall–Kier alpha value is -0.126. The lowest BCUT2D eigenvalue weighted by molar-refractivity contribution is -0.459. The third kappa shape index (κ3) is 20.9. The Morgan fingerprint density at radius 2 is 1.20 bits per heavy atom. The molecule has 0 radical (unpaired) electrons. The smallest absolute Gasteiger partial charge is 0.307 e. The van der Waals surface area contributed by atoms with Crippen LogP contribution in [0.5, 0.6) is 0 Å². The Bertz CT molecular complexity index is 1080. The standard InChI is InChI=1S/C44H90O13S2Si2/c1-8-15-17-19-21-25-38(49)51-37-42(12-5,43(52-13-6,27-23-28-58)56-61-55-36-41(11-4,33-47)34-48)44(53-14-7,54-35-40(10-3,31-45)32-46)57-60-30-24-29-59-39(50)26-22-20-18-16-9-2/h45-48,58H,8-37,60-61H2,1-7H3. The minimum absolute atomic E-state index is 0.0611. The van der Waals surface area contributed by atoms with E-state index in [1.54, 1.807) is 0 Å². The lowest BCUT2D eigenvalue weighted by Gasteiger charge is -2.57. The minimum Gasteiger partial charge on any atom is -0.465 e. The average molecular weight is 947 g/mol. The van der Waals surface area contributed by atoms with Crippen LogP contribution in [0.1, 0.15) is 164 Å². The van der Waals surface area contributed by atoms with Crippen molar-refractivity contribution in [2.45, 2.75) is 182 Å². The van der Waals surface area contributed by atoms with Gasteiger partial charge in [-0.15, -0.1) is 0 Å². The predicted octanol–water partition coefficient (Wildman–Crippen LogP) is 6.76. The second-order valence-corrected chi connectivity index (χ2v) is 20.4. The van der Waals surface area contributed by atoms with Crippen molar-refractivity contribution >= 4 is 55.2 Å². The number of thioether (sulfide) groups is 1. The van der Waals surface area contributed by atoms with Gasteiger partial charge in [0.1, 0.15) is 12.0 Å². The molecule has 0 amide bonds. The number of carbonyl (C=O) groups excluding carboxylic acids is 2. The van der Waals surface area contributed by atoms with Crippen molar-refractivity contribution in [1.82, 2.24) is 0 Å². The van der Waals surface area contributed by atoms with Gasteiger partial charge >= 0.3 is 16.0 Å². The lowest BCUT2D eigenvalue weighted by Crippen LogP contribution is -2.70. The quantitative estimate of drug-likeness (QED) is 0.0142. The van der Waals surface area contributed by atoms with Gasteiger partial charge in [-0.1, -0.05) is 97.7 Å². The van der Waals surface area contributed by atoms with Gasteiger partial charge in [0.15, 0.2) is 20.7 Å². The highest BCUT2D eigenvalue weighted by molar-refractivity contribution is 8.13. The van der Waals surface area contributed by atoms with Crippen LogP contribution < -0.4 is 0 Å². The van der Waals surface area contributed by atoms with E-state index >= 15 is 0 Å². The van der Waals surface area contributed by atoms with Gasteiger partial charge in [0, 0.05) is 55.7 Å². The molecule has 0 aliphatic carbocycles. The highest BCUT2D eigenvalue weighted by Crippen LogP contribution is 2.54. The highest BCUT2D eigenvalue weighted by Gasteiger charge is 2.68. The number of thiol groups is 1. The topological polar surface area (TPSA) is 180 Å². The van der Waals surface area contributed by atoms with Crippen LogP contribution >= 0.6 is 24.4 Å². The average Bonchev–Trinajstić information content (AvgIpc) is 3.27. The molecule has 0 aromatic heterocycles. The van der Waals surface area contributed by atoms with Crippen LogP contribution in [0.15, 0.2) is 0 Å². The van der Waals surface area contributed by atoms with Crippen molar-refractivity contribution in [1.29, 1.82) is 0 Å². The molecule has 0 saturated carbocycles. The number of aliphatic hydroxyl groups is 4. The summed E-state index contributed by atoms with van der Waals surface area (Å²) >= 11 is 5.95. The van der Waals surface area contributed by atoms with Crippen LogP contribution in [0.25, 0.3) is 0 Å². The number of unbranched alkanes of at least 4 members (excludes halogenated alkanes) is 8. The second-order valence-electron chi connectivity index (χ2n) is 16.4. The summed E-state index contributed by atoms with van der Waals surface area (Å²) < 4.78 is 46.9. The number of rotatable bonds is 44. The molecule has 0 aromatic rings. The second kappa shape index (κ2) is 36.0. The Kier molecular flexibility index (Phi) is 36.0. The van der Waals surface area contributed by atoms with E-state index in [1.165, 1.54) is 18.2 Å². The van der Waals surface area contributed by atoms with E-state index in [4.69, 9.17) is 32.2 Å². The van der Waals surface area contributed by atoms with E-state index in [0.717, 1.165) is 57.8 Å². The predicted molar refractivity (Wildman–Crippen MR) is 254 cm³/mol. The highest BCUT2D eigenvalue weighted by atomic mass is 32.2. The summed E-state index contributed by atoms with van der Waals surface area (Å²) in [6, 6.07) is 0.684. The van der Waals surface area contributed by atoms with Crippen LogP contribution in [0.4, 0.5) is 0 Å². The van der Waals surface area contributed by atoms with Crippen molar-refractivity contribution in [2.75, 3.05) is 71.0 Å². The lowest BCUT2D eigenvalue weighted by atomic mass is 9.72. The van der Waals surface area contributed by atoms with Crippen LogP contribution in [0.3, 0.4) is 0 Å². The Labute approximate surface area is 385 Å². The van der Waals surface area contributed by atoms with Crippen molar-refractivity contribution in [3.05, 3.63) is 0 Å². The molecule has 0 aliphatic heterocycles. The Morgan fingerprint density at radius 3 is 1.72 bits per heavy atom. The van der Waals surface area contributed by atoms with E-state index in [1.807, 2.05) is 34.6 Å². The molecule has 0 aliphatic rings. The number of hydrogen-bond acceptors (Lipinski definition) is 15. The molecular formula is C44H90O13S2Si2. The zero-order valence-corrected chi connectivity index (χ0v) is 44.0. The van der Waals surface area contributed by atoms with Gasteiger partial charge < -0.3 is 52.7 Å². The fourth-order valence-corrected chi connectivity index (χ4v) is 11.3. The summed E-state index contributed by atoms with van der Waals surface area (Å²) in [6.45, 7) is 12.4. The van der Waals surface area contributed by atoms with E-state index in [-0.39, 0.29) is 89.8 Å². The van der Waals surface area contributed by atoms with E-state index < -0.39 is 47.8 Å². The molecule has 0 rings (SSSR count). The summed E-state index contributed by atoms with van der Waals surface area (Å²) in [5, 5.41) is 41.7. The zero-order valence-electron chi connectivity index (χ0n) is 39.4. The van der Waals surface area contributed by atoms with Gasteiger partial charge in [-0.25, -0.2) is 0 Å². The zero-order chi connectivity index (χ0) is 45.9. The summed E-state index contributed by atoms with van der Waals surface area (Å²) in [5.74, 6) is -2.79. The first kappa shape index (κ1) is 60.9. The number of aliphatic hydroxyl groups excluding tert-OH is 4. The van der Waals surface area contributed by atoms with Crippen LogP contribution in [-0.4, -0.2) is 134 Å². The molecule has 0 aromatic carbocycles.